The van der Waals surface area contributed by atoms with Crippen LogP contribution >= 0.6 is 23.5 Å². The summed E-state index contributed by atoms with van der Waals surface area (Å²) in [6.45, 7) is 0. The largest absolute Gasteiger partial charge is 0.470 e. The normalized spacial score (nSPS) is 31.2. The molecule has 0 spiro atoms. The van der Waals surface area contributed by atoms with Gasteiger partial charge in [-0.3, -0.25) is 13.6 Å². The van der Waals surface area contributed by atoms with Gasteiger partial charge >= 0.3 is 23.5 Å². The van der Waals surface area contributed by atoms with Crippen molar-refractivity contribution in [1.82, 2.24) is 0 Å². The Bertz CT molecular complexity index is 482. The maximum absolute atomic E-state index is 10.9. The monoisotopic (exact) mass is 388 g/mol. The van der Waals surface area contributed by atoms with Crippen molar-refractivity contribution in [2.75, 3.05) is 0 Å². The average molecular weight is 388 g/mol. The van der Waals surface area contributed by atoms with Crippen molar-refractivity contribution in [3.05, 3.63) is 0 Å². The van der Waals surface area contributed by atoms with Crippen LogP contribution in [0.4, 0.5) is 0 Å². The molecule has 7 N–H and O–H groups in total. The summed E-state index contributed by atoms with van der Waals surface area (Å²) in [7, 11) is -15.5. The second-order valence-electron chi connectivity index (χ2n) is 4.45. The fourth-order valence-electron chi connectivity index (χ4n) is 1.99. The Hall–Kier alpha value is 0.290. The Morgan fingerprint density at radius 1 is 0.682 bits per heavy atom. The summed E-state index contributed by atoms with van der Waals surface area (Å²) in [6.07, 6.45) is -7.83. The maximum atomic E-state index is 10.9. The van der Waals surface area contributed by atoms with E-state index in [0.29, 0.717) is 0 Å². The van der Waals surface area contributed by atoms with Gasteiger partial charge < -0.3 is 34.5 Å². The molecule has 132 valence electrons. The molecule has 1 aliphatic rings. The number of aliphatic hydroxyl groups is 1. The van der Waals surface area contributed by atoms with Crippen molar-refractivity contribution < 1.29 is 61.7 Å². The molecule has 0 amide bonds. The highest BCUT2D eigenvalue weighted by atomic mass is 31.2. The third-order valence-corrected chi connectivity index (χ3v) is 4.15. The van der Waals surface area contributed by atoms with E-state index in [-0.39, 0.29) is 0 Å². The van der Waals surface area contributed by atoms with E-state index in [1.165, 1.54) is 0 Å². The zero-order chi connectivity index (χ0) is 17.3. The van der Waals surface area contributed by atoms with Crippen LogP contribution in [0, 0.1) is 0 Å². The predicted molar refractivity (Wildman–Crippen MR) is 66.0 cm³/mol. The first kappa shape index (κ1) is 20.3. The van der Waals surface area contributed by atoms with Crippen molar-refractivity contribution in [3.63, 3.8) is 0 Å². The molecule has 0 radical (unpaired) electrons. The van der Waals surface area contributed by atoms with E-state index in [1.807, 2.05) is 0 Å². The molecular weight excluding hydrogens is 373 g/mol. The average Bonchev–Trinajstić information content (AvgIpc) is 2.16. The lowest BCUT2D eigenvalue weighted by Crippen LogP contribution is -2.49. The summed E-state index contributed by atoms with van der Waals surface area (Å²) in [5.41, 5.74) is 0. The zero-order valence-corrected chi connectivity index (χ0v) is 13.3. The first-order valence-electron chi connectivity index (χ1n) is 5.56. The molecule has 0 bridgehead atoms. The Morgan fingerprint density at radius 3 is 1.27 bits per heavy atom. The van der Waals surface area contributed by atoms with Crippen LogP contribution < -0.4 is 0 Å². The van der Waals surface area contributed by atoms with Crippen molar-refractivity contribution >= 4 is 23.5 Å². The molecule has 0 aromatic carbocycles. The first-order valence-corrected chi connectivity index (χ1v) is 10.2. The van der Waals surface area contributed by atoms with Gasteiger partial charge in [-0.15, -0.1) is 0 Å². The Morgan fingerprint density at radius 2 is 1.00 bits per heavy atom. The summed E-state index contributed by atoms with van der Waals surface area (Å²) in [4.78, 5) is 52.6. The van der Waals surface area contributed by atoms with E-state index in [2.05, 4.69) is 13.6 Å². The zero-order valence-electron chi connectivity index (χ0n) is 10.6. The molecule has 0 aromatic rings. The number of phosphoric acid groups is 3. The molecule has 2 atom stereocenters. The van der Waals surface area contributed by atoms with Crippen molar-refractivity contribution in [1.29, 1.82) is 0 Å². The van der Waals surface area contributed by atoms with Gasteiger partial charge in [0.1, 0.15) is 18.3 Å². The van der Waals surface area contributed by atoms with Crippen LogP contribution in [0.5, 0.6) is 0 Å². The topological polar surface area (TPSA) is 221 Å². The Kier molecular flexibility index (Phi) is 6.51. The standard InChI is InChI=1S/C6H15O13P3/c7-3-1-4(17-20(8,9)10)6(19-22(14,15)16)5(2-3)18-21(11,12)13/h3-7H,1-2H2,(H2,8,9,10)(H2,11,12,13)(H2,14,15,16)/t3?,4-,5-,6?/m1/s1. The lowest BCUT2D eigenvalue weighted by atomic mass is 9.90. The van der Waals surface area contributed by atoms with E-state index in [9.17, 15) is 18.8 Å². The van der Waals surface area contributed by atoms with Crippen LogP contribution in [0.1, 0.15) is 12.8 Å². The summed E-state index contributed by atoms with van der Waals surface area (Å²) >= 11 is 0. The van der Waals surface area contributed by atoms with Crippen LogP contribution in [0.25, 0.3) is 0 Å². The molecule has 1 aliphatic carbocycles. The predicted octanol–water partition coefficient (Wildman–Crippen LogP) is -1.43. The van der Waals surface area contributed by atoms with Gasteiger partial charge in [-0.2, -0.15) is 0 Å². The number of hydrogen-bond donors (Lipinski definition) is 7. The summed E-state index contributed by atoms with van der Waals surface area (Å²) < 4.78 is 45.4. The van der Waals surface area contributed by atoms with E-state index in [4.69, 9.17) is 29.4 Å². The molecule has 0 heterocycles. The van der Waals surface area contributed by atoms with E-state index >= 15 is 0 Å². The lowest BCUT2D eigenvalue weighted by Gasteiger charge is -2.38. The highest BCUT2D eigenvalue weighted by Gasteiger charge is 2.47. The third-order valence-electron chi connectivity index (χ3n) is 2.55. The highest BCUT2D eigenvalue weighted by molar-refractivity contribution is 7.47. The second-order valence-corrected chi connectivity index (χ2v) is 8.03. The second kappa shape index (κ2) is 7.04. The molecule has 1 fully saturated rings. The van der Waals surface area contributed by atoms with Crippen molar-refractivity contribution in [2.24, 2.45) is 0 Å². The number of phosphoric ester groups is 3. The van der Waals surface area contributed by atoms with Gasteiger partial charge in [0.05, 0.1) is 6.10 Å². The van der Waals surface area contributed by atoms with Gasteiger partial charge in [0, 0.05) is 12.8 Å². The van der Waals surface area contributed by atoms with Gasteiger partial charge in [-0.1, -0.05) is 0 Å². The summed E-state index contributed by atoms with van der Waals surface area (Å²) in [5, 5.41) is 9.54. The molecule has 0 saturated heterocycles. The molecule has 22 heavy (non-hydrogen) atoms. The smallest absolute Gasteiger partial charge is 0.393 e. The van der Waals surface area contributed by atoms with E-state index in [0.717, 1.165) is 0 Å². The number of hydrogen-bond acceptors (Lipinski definition) is 7. The van der Waals surface area contributed by atoms with Gasteiger partial charge in [0.15, 0.2) is 0 Å². The maximum Gasteiger partial charge on any atom is 0.470 e. The molecule has 16 heteroatoms. The Labute approximate surface area is 123 Å². The van der Waals surface area contributed by atoms with Gasteiger partial charge in [-0.25, -0.2) is 13.7 Å². The summed E-state index contributed by atoms with van der Waals surface area (Å²) in [5.74, 6) is 0. The van der Waals surface area contributed by atoms with E-state index < -0.39 is 60.7 Å². The molecule has 0 unspecified atom stereocenters. The minimum atomic E-state index is -5.21. The Balaban J connectivity index is 3.07. The fraction of sp³-hybridized carbons (Fsp3) is 1.00. The van der Waals surface area contributed by atoms with Crippen LogP contribution in [0.15, 0.2) is 0 Å². The molecule has 1 rings (SSSR count). The first-order chi connectivity index (χ1) is 9.66. The number of rotatable bonds is 6. The minimum absolute atomic E-state index is 0.503. The quantitative estimate of drug-likeness (QED) is 0.260. The summed E-state index contributed by atoms with van der Waals surface area (Å²) in [6, 6.07) is 0. The molecule has 0 aromatic heterocycles. The minimum Gasteiger partial charge on any atom is -0.393 e. The molecular formula is C6H15O13P3. The molecule has 1 saturated carbocycles. The SMILES string of the molecule is O=P(O)(O)OC1[C@H](OP(=O)(O)O)CC(O)C[C@H]1OP(=O)(O)O. The van der Waals surface area contributed by atoms with Crippen molar-refractivity contribution in [2.45, 2.75) is 37.3 Å². The van der Waals surface area contributed by atoms with Crippen LogP contribution in [0.3, 0.4) is 0 Å². The van der Waals surface area contributed by atoms with Crippen molar-refractivity contribution in [3.8, 4) is 0 Å². The molecule has 13 nitrogen and oxygen atoms in total. The third kappa shape index (κ3) is 7.71. The highest BCUT2D eigenvalue weighted by Crippen LogP contribution is 2.49. The van der Waals surface area contributed by atoms with E-state index in [1.54, 1.807) is 0 Å². The van der Waals surface area contributed by atoms with Gasteiger partial charge in [-0.05, 0) is 0 Å². The van der Waals surface area contributed by atoms with Gasteiger partial charge in [0.25, 0.3) is 0 Å². The number of aliphatic hydroxyl groups excluding tert-OH is 1. The van der Waals surface area contributed by atoms with Crippen LogP contribution in [-0.4, -0.2) is 58.9 Å². The fourth-order valence-corrected chi connectivity index (χ4v) is 3.70. The van der Waals surface area contributed by atoms with Crippen LogP contribution in [-0.2, 0) is 27.3 Å². The van der Waals surface area contributed by atoms with Gasteiger partial charge in [0.2, 0.25) is 0 Å². The van der Waals surface area contributed by atoms with Crippen LogP contribution in [0.2, 0.25) is 0 Å². The molecule has 0 aliphatic heterocycles. The lowest BCUT2D eigenvalue weighted by molar-refractivity contribution is -0.106.